The molecule has 0 aromatic heterocycles. The van der Waals surface area contributed by atoms with Crippen molar-refractivity contribution in [1.82, 2.24) is 0 Å². The van der Waals surface area contributed by atoms with Crippen LogP contribution in [-0.4, -0.2) is 25.5 Å². The van der Waals surface area contributed by atoms with E-state index in [1.54, 1.807) is 0 Å². The van der Waals surface area contributed by atoms with Gasteiger partial charge in [0.25, 0.3) is 0 Å². The molecule has 1 unspecified atom stereocenters. The second kappa shape index (κ2) is 9.45. The van der Waals surface area contributed by atoms with Crippen molar-refractivity contribution in [2.75, 3.05) is 13.7 Å². The predicted molar refractivity (Wildman–Crippen MR) is 93.2 cm³/mol. The second-order valence-electron chi connectivity index (χ2n) is 6.46. The molecular weight excluding hydrogens is 304 g/mol. The maximum absolute atomic E-state index is 12.9. The number of carbonyl (C=O) groups is 2. The van der Waals surface area contributed by atoms with Crippen molar-refractivity contribution in [3.05, 3.63) is 29.8 Å². The van der Waals surface area contributed by atoms with Gasteiger partial charge in [-0.25, -0.2) is 0 Å². The number of Topliss-reactive ketones (excluding diaryl/α,β-unsaturated/α-hetero) is 1. The molecule has 0 N–H and O–H groups in total. The summed E-state index contributed by atoms with van der Waals surface area (Å²) in [6.45, 7) is 2.79. The van der Waals surface area contributed by atoms with Crippen molar-refractivity contribution < 1.29 is 19.1 Å². The van der Waals surface area contributed by atoms with Gasteiger partial charge in [-0.15, -0.1) is 0 Å². The maximum atomic E-state index is 12.9. The van der Waals surface area contributed by atoms with Gasteiger partial charge in [-0.05, 0) is 37.0 Å². The first-order valence-electron chi connectivity index (χ1n) is 9.01. The summed E-state index contributed by atoms with van der Waals surface area (Å²) in [6, 6.07) is 7.28. The highest BCUT2D eigenvalue weighted by atomic mass is 16.5. The van der Waals surface area contributed by atoms with Crippen LogP contribution >= 0.6 is 0 Å². The fraction of sp³-hybridized carbons (Fsp3) is 0.600. The van der Waals surface area contributed by atoms with E-state index >= 15 is 0 Å². The fourth-order valence-corrected chi connectivity index (χ4v) is 3.25. The van der Waals surface area contributed by atoms with Crippen LogP contribution in [-0.2, 0) is 14.3 Å². The largest absolute Gasteiger partial charge is 0.494 e. The molecule has 0 saturated heterocycles. The highest BCUT2D eigenvalue weighted by Gasteiger charge is 2.34. The van der Waals surface area contributed by atoms with E-state index in [2.05, 4.69) is 6.92 Å². The van der Waals surface area contributed by atoms with Crippen molar-refractivity contribution in [2.45, 2.75) is 57.8 Å². The zero-order valence-electron chi connectivity index (χ0n) is 14.8. The van der Waals surface area contributed by atoms with Gasteiger partial charge in [0, 0.05) is 5.92 Å². The van der Waals surface area contributed by atoms with Crippen LogP contribution in [0, 0.1) is 5.92 Å². The van der Waals surface area contributed by atoms with E-state index in [0.29, 0.717) is 12.2 Å². The summed E-state index contributed by atoms with van der Waals surface area (Å²) in [4.78, 5) is 25.1. The summed E-state index contributed by atoms with van der Waals surface area (Å²) in [5.41, 5.74) is 0.695. The first-order chi connectivity index (χ1) is 11.7. The van der Waals surface area contributed by atoms with Crippen LogP contribution in [0.1, 0.15) is 63.4 Å². The van der Waals surface area contributed by atoms with Gasteiger partial charge in [0.05, 0.1) is 13.7 Å². The minimum atomic E-state index is -0.817. The van der Waals surface area contributed by atoms with Crippen molar-refractivity contribution in [3.8, 4) is 5.75 Å². The molecule has 0 aliphatic heterocycles. The molecule has 1 aliphatic rings. The lowest BCUT2D eigenvalue weighted by Gasteiger charge is -2.24. The molecule has 0 heterocycles. The van der Waals surface area contributed by atoms with Crippen LogP contribution in [0.4, 0.5) is 0 Å². The van der Waals surface area contributed by atoms with Gasteiger partial charge >= 0.3 is 5.97 Å². The third-order valence-electron chi connectivity index (χ3n) is 4.71. The first kappa shape index (κ1) is 18.5. The molecular formula is C20H28O4. The van der Waals surface area contributed by atoms with Crippen molar-refractivity contribution in [3.63, 3.8) is 0 Å². The Hall–Kier alpha value is -1.84. The summed E-state index contributed by atoms with van der Waals surface area (Å²) < 4.78 is 10.5. The third-order valence-corrected chi connectivity index (χ3v) is 4.71. The molecule has 0 bridgehead atoms. The lowest BCUT2D eigenvalue weighted by molar-refractivity contribution is -0.147. The summed E-state index contributed by atoms with van der Waals surface area (Å²) in [6.07, 6.45) is 7.15. The number of esters is 1. The van der Waals surface area contributed by atoms with Crippen LogP contribution in [0.25, 0.3) is 0 Å². The topological polar surface area (TPSA) is 52.6 Å². The molecule has 4 nitrogen and oxygen atoms in total. The summed E-state index contributed by atoms with van der Waals surface area (Å²) in [7, 11) is 1.34. The Morgan fingerprint density at radius 1 is 1.12 bits per heavy atom. The molecule has 0 spiro atoms. The smallest absolute Gasteiger partial charge is 0.320 e. The highest BCUT2D eigenvalue weighted by Crippen LogP contribution is 2.31. The molecule has 1 aliphatic carbocycles. The fourth-order valence-electron chi connectivity index (χ4n) is 3.25. The number of methoxy groups -OCH3 is 1. The summed E-state index contributed by atoms with van der Waals surface area (Å²) in [5.74, 6) is -0.543. The molecule has 4 heteroatoms. The molecule has 0 radical (unpaired) electrons. The molecule has 1 fully saturated rings. The number of carbonyl (C=O) groups excluding carboxylic acids is 2. The van der Waals surface area contributed by atoms with Crippen LogP contribution in [0.5, 0.6) is 5.75 Å². The van der Waals surface area contributed by atoms with E-state index in [1.165, 1.54) is 13.5 Å². The van der Waals surface area contributed by atoms with Crippen LogP contribution in [0.3, 0.4) is 0 Å². The van der Waals surface area contributed by atoms with E-state index < -0.39 is 11.9 Å². The molecule has 24 heavy (non-hydrogen) atoms. The van der Waals surface area contributed by atoms with Crippen molar-refractivity contribution in [1.29, 1.82) is 0 Å². The summed E-state index contributed by atoms with van der Waals surface area (Å²) >= 11 is 0. The SMILES string of the molecule is CCCCOc1ccc(C(C(=O)OC)C(=O)C2CCCCC2)cc1. The normalized spacial score (nSPS) is 16.4. The zero-order chi connectivity index (χ0) is 17.4. The lowest BCUT2D eigenvalue weighted by atomic mass is 9.79. The molecule has 0 amide bonds. The highest BCUT2D eigenvalue weighted by molar-refractivity contribution is 6.05. The van der Waals surface area contributed by atoms with Gasteiger partial charge in [0.15, 0.2) is 5.78 Å². The maximum Gasteiger partial charge on any atom is 0.320 e. The monoisotopic (exact) mass is 332 g/mol. The van der Waals surface area contributed by atoms with E-state index in [-0.39, 0.29) is 11.7 Å². The van der Waals surface area contributed by atoms with Gasteiger partial charge in [0.1, 0.15) is 11.7 Å². The minimum absolute atomic E-state index is 0.00111. The standard InChI is InChI=1S/C20H28O4/c1-3-4-14-24-17-12-10-15(11-13-17)18(20(22)23-2)19(21)16-8-6-5-7-9-16/h10-13,16,18H,3-9,14H2,1-2H3. The minimum Gasteiger partial charge on any atom is -0.494 e. The Morgan fingerprint density at radius 3 is 2.38 bits per heavy atom. The van der Waals surface area contributed by atoms with Crippen molar-refractivity contribution in [2.24, 2.45) is 5.92 Å². The van der Waals surface area contributed by atoms with Crippen LogP contribution in [0.15, 0.2) is 24.3 Å². The average molecular weight is 332 g/mol. The number of rotatable bonds is 8. The molecule has 1 aromatic rings. The average Bonchev–Trinajstić information content (AvgIpc) is 2.64. The first-order valence-corrected chi connectivity index (χ1v) is 9.01. The van der Waals surface area contributed by atoms with Gasteiger partial charge in [-0.2, -0.15) is 0 Å². The number of hydrogen-bond acceptors (Lipinski definition) is 4. The number of hydrogen-bond donors (Lipinski definition) is 0. The Labute approximate surface area is 144 Å². The van der Waals surface area contributed by atoms with E-state index in [9.17, 15) is 9.59 Å². The number of unbranched alkanes of at least 4 members (excludes halogenated alkanes) is 1. The molecule has 1 atom stereocenters. The number of benzene rings is 1. The Kier molecular flexibility index (Phi) is 7.29. The van der Waals surface area contributed by atoms with E-state index in [4.69, 9.17) is 9.47 Å². The van der Waals surface area contributed by atoms with Gasteiger partial charge < -0.3 is 9.47 Å². The number of ketones is 1. The Balaban J connectivity index is 2.12. The molecule has 1 saturated carbocycles. The Bertz CT molecular complexity index is 529. The molecule has 132 valence electrons. The number of ether oxygens (including phenoxy) is 2. The summed E-state index contributed by atoms with van der Waals surface area (Å²) in [5, 5.41) is 0. The van der Waals surface area contributed by atoms with E-state index in [0.717, 1.165) is 44.3 Å². The van der Waals surface area contributed by atoms with Crippen LogP contribution in [0.2, 0.25) is 0 Å². The quantitative estimate of drug-likeness (QED) is 0.405. The molecule has 1 aromatic carbocycles. The van der Waals surface area contributed by atoms with E-state index in [1.807, 2.05) is 24.3 Å². The van der Waals surface area contributed by atoms with Crippen molar-refractivity contribution >= 4 is 11.8 Å². The van der Waals surface area contributed by atoms with Gasteiger partial charge in [-0.1, -0.05) is 44.7 Å². The Morgan fingerprint density at radius 2 is 1.79 bits per heavy atom. The zero-order valence-corrected chi connectivity index (χ0v) is 14.8. The lowest BCUT2D eigenvalue weighted by Crippen LogP contribution is -2.30. The third kappa shape index (κ3) is 4.83. The van der Waals surface area contributed by atoms with Crippen LogP contribution < -0.4 is 4.74 Å². The molecule has 2 rings (SSSR count). The second-order valence-corrected chi connectivity index (χ2v) is 6.46. The van der Waals surface area contributed by atoms with Gasteiger partial charge in [0.2, 0.25) is 0 Å². The van der Waals surface area contributed by atoms with Gasteiger partial charge in [-0.3, -0.25) is 9.59 Å². The predicted octanol–water partition coefficient (Wildman–Crippen LogP) is 4.27.